The fourth-order valence-corrected chi connectivity index (χ4v) is 5.94. The van der Waals surface area contributed by atoms with Crippen LogP contribution >= 0.6 is 0 Å². The number of benzene rings is 3. The molecular formula is C33H24F2N8O3S. The predicted octanol–water partition coefficient (Wildman–Crippen LogP) is 5.76. The molecule has 1 unspecified atom stereocenters. The number of carbonyl (C=O) groups excluding carboxylic acids is 1. The van der Waals surface area contributed by atoms with E-state index in [1.165, 1.54) is 36.8 Å². The van der Waals surface area contributed by atoms with Gasteiger partial charge in [0, 0.05) is 52.4 Å². The zero-order chi connectivity index (χ0) is 32.9. The molecule has 0 bridgehead atoms. The molecule has 0 spiro atoms. The van der Waals surface area contributed by atoms with Crippen LogP contribution in [0.1, 0.15) is 21.3 Å². The Labute approximate surface area is 265 Å². The number of sulfone groups is 1. The first kappa shape index (κ1) is 29.8. The summed E-state index contributed by atoms with van der Waals surface area (Å²) in [6.45, 7) is 0. The molecule has 4 aromatic heterocycles. The van der Waals surface area contributed by atoms with E-state index in [0.717, 1.165) is 12.3 Å². The van der Waals surface area contributed by atoms with E-state index in [1.54, 1.807) is 42.5 Å². The molecule has 7 aromatic rings. The van der Waals surface area contributed by atoms with Crippen molar-refractivity contribution in [3.63, 3.8) is 0 Å². The molecule has 7 rings (SSSR count). The Bertz CT molecular complexity index is 2450. The third-order valence-electron chi connectivity index (χ3n) is 7.60. The van der Waals surface area contributed by atoms with Crippen LogP contribution in [0, 0.1) is 11.6 Å². The van der Waals surface area contributed by atoms with Gasteiger partial charge in [-0.25, -0.2) is 22.2 Å². The summed E-state index contributed by atoms with van der Waals surface area (Å²) in [5.41, 5.74) is 9.73. The number of halogens is 2. The molecule has 5 N–H and O–H groups in total. The van der Waals surface area contributed by atoms with Crippen molar-refractivity contribution in [3.05, 3.63) is 114 Å². The third-order valence-corrected chi connectivity index (χ3v) is 8.80. The lowest BCUT2D eigenvalue weighted by molar-refractivity contribution is 0.102. The monoisotopic (exact) mass is 650 g/mol. The van der Waals surface area contributed by atoms with E-state index >= 15 is 4.39 Å². The Balaban J connectivity index is 1.27. The number of carbonyl (C=O) groups is 1. The van der Waals surface area contributed by atoms with Gasteiger partial charge >= 0.3 is 0 Å². The van der Waals surface area contributed by atoms with Gasteiger partial charge in [-0.2, -0.15) is 5.10 Å². The number of hydrogen-bond donors (Lipinski definition) is 4. The highest BCUT2D eigenvalue weighted by atomic mass is 32.2. The van der Waals surface area contributed by atoms with E-state index in [0.29, 0.717) is 56.0 Å². The molecule has 1 atom stereocenters. The summed E-state index contributed by atoms with van der Waals surface area (Å²) in [6.07, 6.45) is 5.45. The van der Waals surface area contributed by atoms with Crippen LogP contribution in [-0.2, 0) is 9.84 Å². The van der Waals surface area contributed by atoms with Crippen LogP contribution in [0.2, 0.25) is 0 Å². The predicted molar refractivity (Wildman–Crippen MR) is 174 cm³/mol. The molecule has 0 aliphatic rings. The zero-order valence-corrected chi connectivity index (χ0v) is 25.3. The maximum atomic E-state index is 15.4. The Kier molecular flexibility index (Phi) is 7.30. The Morgan fingerprint density at radius 3 is 2.53 bits per heavy atom. The number of nitrogens with zero attached hydrogens (tertiary/aromatic N) is 4. The molecule has 0 fully saturated rings. The first-order valence-electron chi connectivity index (χ1n) is 14.1. The van der Waals surface area contributed by atoms with E-state index in [-0.39, 0.29) is 22.6 Å². The SMILES string of the molecule is CS(=O)(=O)C(N)c1cc(F)cc(-c2nccc3[nH]c(-c4n[nH]c5cc(F)c(-c6cncc(NC(=O)c7ccccc7)c6)cc45)nc23)c1. The van der Waals surface area contributed by atoms with Crippen molar-refractivity contribution in [2.45, 2.75) is 5.37 Å². The Morgan fingerprint density at radius 1 is 0.936 bits per heavy atom. The molecule has 0 saturated heterocycles. The van der Waals surface area contributed by atoms with Crippen molar-refractivity contribution in [2.75, 3.05) is 11.6 Å². The fourth-order valence-electron chi connectivity index (χ4n) is 5.31. The second-order valence-electron chi connectivity index (χ2n) is 10.9. The topological polar surface area (TPSA) is 172 Å². The van der Waals surface area contributed by atoms with Crippen molar-refractivity contribution in [1.29, 1.82) is 0 Å². The molecule has 14 heteroatoms. The van der Waals surface area contributed by atoms with Crippen molar-refractivity contribution in [3.8, 4) is 33.9 Å². The lowest BCUT2D eigenvalue weighted by atomic mass is 10.0. The number of rotatable bonds is 7. The summed E-state index contributed by atoms with van der Waals surface area (Å²) >= 11 is 0. The lowest BCUT2D eigenvalue weighted by Gasteiger charge is -2.12. The minimum absolute atomic E-state index is 0.0723. The molecule has 0 aliphatic carbocycles. The summed E-state index contributed by atoms with van der Waals surface area (Å²) in [5, 5.41) is 9.13. The summed E-state index contributed by atoms with van der Waals surface area (Å²) in [5.74, 6) is -1.22. The molecule has 3 aromatic carbocycles. The molecule has 234 valence electrons. The molecule has 11 nitrogen and oxygen atoms in total. The van der Waals surface area contributed by atoms with Gasteiger partial charge in [0.1, 0.15) is 28.2 Å². The number of aromatic amines is 2. The normalized spacial score (nSPS) is 12.4. The number of pyridine rings is 2. The number of H-pyrrole nitrogens is 2. The summed E-state index contributed by atoms with van der Waals surface area (Å²) in [4.78, 5) is 29.2. The van der Waals surface area contributed by atoms with E-state index in [4.69, 9.17) is 10.7 Å². The number of imidazole rings is 1. The molecule has 4 heterocycles. The van der Waals surface area contributed by atoms with Crippen molar-refractivity contribution < 1.29 is 22.0 Å². The highest BCUT2D eigenvalue weighted by Crippen LogP contribution is 2.35. The number of hydrogen-bond acceptors (Lipinski definition) is 8. The molecule has 0 saturated carbocycles. The van der Waals surface area contributed by atoms with Crippen molar-refractivity contribution in [1.82, 2.24) is 30.1 Å². The number of fused-ring (bicyclic) bond motifs is 2. The van der Waals surface area contributed by atoms with E-state index in [9.17, 15) is 17.6 Å². The summed E-state index contributed by atoms with van der Waals surface area (Å²) < 4.78 is 54.2. The van der Waals surface area contributed by atoms with Gasteiger partial charge < -0.3 is 16.0 Å². The van der Waals surface area contributed by atoms with Crippen LogP contribution in [-0.4, -0.2) is 50.7 Å². The van der Waals surface area contributed by atoms with Crippen LogP contribution in [0.4, 0.5) is 14.5 Å². The molecule has 0 radical (unpaired) electrons. The standard InChI is InChI=1S/C33H24F2N8O3S/c1-47(45,46)31(36)19-9-18(10-21(34)11-19)28-30-26(7-8-38-28)40-32(41-30)29-24-13-23(25(35)14-27(24)42-43-29)20-12-22(16-37-15-20)39-33(44)17-5-3-2-4-6-17/h2-16,31H,36H2,1H3,(H,39,44)(H,40,41)(H,42,43). The smallest absolute Gasteiger partial charge is 0.255 e. The van der Waals surface area contributed by atoms with Gasteiger partial charge in [0.25, 0.3) is 5.91 Å². The average Bonchev–Trinajstić information content (AvgIpc) is 3.67. The van der Waals surface area contributed by atoms with Crippen molar-refractivity contribution in [2.24, 2.45) is 5.73 Å². The first-order valence-corrected chi connectivity index (χ1v) is 16.1. The Hall–Kier alpha value is -5.86. The number of amides is 1. The molecule has 1 amide bonds. The van der Waals surface area contributed by atoms with Gasteiger partial charge in [-0.05, 0) is 54.1 Å². The quantitative estimate of drug-likeness (QED) is 0.169. The average molecular weight is 651 g/mol. The van der Waals surface area contributed by atoms with Crippen LogP contribution in [0.15, 0.2) is 91.4 Å². The summed E-state index contributed by atoms with van der Waals surface area (Å²) in [7, 11) is -3.70. The first-order chi connectivity index (χ1) is 22.5. The maximum absolute atomic E-state index is 15.4. The minimum Gasteiger partial charge on any atom is -0.336 e. The van der Waals surface area contributed by atoms with Gasteiger partial charge in [-0.3, -0.25) is 19.9 Å². The number of nitrogens with one attached hydrogen (secondary N) is 3. The highest BCUT2D eigenvalue weighted by Gasteiger charge is 2.22. The lowest BCUT2D eigenvalue weighted by Crippen LogP contribution is -2.20. The fraction of sp³-hybridized carbons (Fsp3) is 0.0606. The van der Waals surface area contributed by atoms with Gasteiger partial charge in [0.15, 0.2) is 15.7 Å². The van der Waals surface area contributed by atoms with Crippen molar-refractivity contribution >= 4 is 43.4 Å². The zero-order valence-electron chi connectivity index (χ0n) is 24.5. The third kappa shape index (κ3) is 5.71. The van der Waals surface area contributed by atoms with Gasteiger partial charge in [-0.15, -0.1) is 0 Å². The molecular weight excluding hydrogens is 626 g/mol. The minimum atomic E-state index is -3.70. The van der Waals surface area contributed by atoms with Crippen LogP contribution in [0.3, 0.4) is 0 Å². The van der Waals surface area contributed by atoms with E-state index in [2.05, 4.69) is 30.5 Å². The maximum Gasteiger partial charge on any atom is 0.255 e. The van der Waals surface area contributed by atoms with E-state index in [1.807, 2.05) is 6.07 Å². The van der Waals surface area contributed by atoms with E-state index < -0.39 is 26.8 Å². The Morgan fingerprint density at radius 2 is 1.74 bits per heavy atom. The van der Waals surface area contributed by atoms with Gasteiger partial charge in [0.2, 0.25) is 0 Å². The largest absolute Gasteiger partial charge is 0.336 e. The van der Waals surface area contributed by atoms with Crippen LogP contribution in [0.25, 0.3) is 55.8 Å². The molecule has 0 aliphatic heterocycles. The second-order valence-corrected chi connectivity index (χ2v) is 13.1. The van der Waals surface area contributed by atoms with Gasteiger partial charge in [-0.1, -0.05) is 18.2 Å². The van der Waals surface area contributed by atoms with Crippen LogP contribution < -0.4 is 11.1 Å². The number of aromatic nitrogens is 6. The molecule has 47 heavy (non-hydrogen) atoms. The summed E-state index contributed by atoms with van der Waals surface area (Å²) in [6, 6.07) is 18.7. The second kappa shape index (κ2) is 11.5. The highest BCUT2D eigenvalue weighted by molar-refractivity contribution is 7.90. The van der Waals surface area contributed by atoms with Gasteiger partial charge in [0.05, 0.1) is 28.6 Å². The number of anilines is 1. The van der Waals surface area contributed by atoms with Crippen LogP contribution in [0.5, 0.6) is 0 Å². The number of nitrogens with two attached hydrogens (primary N) is 1.